The zero-order chi connectivity index (χ0) is 18.8. The molecule has 2 unspecified atom stereocenters. The summed E-state index contributed by atoms with van der Waals surface area (Å²) in [6.45, 7) is 8.96. The molecule has 0 rings (SSSR count). The van der Waals surface area contributed by atoms with Crippen LogP contribution in [0.1, 0.15) is 47.5 Å². The molecule has 2 atom stereocenters. The number of aliphatic carboxylic acids is 3. The lowest BCUT2D eigenvalue weighted by Crippen LogP contribution is -2.61. The summed E-state index contributed by atoms with van der Waals surface area (Å²) in [5.41, 5.74) is -5.01. The van der Waals surface area contributed by atoms with Crippen molar-refractivity contribution in [3.63, 3.8) is 0 Å². The molecule has 0 bridgehead atoms. The van der Waals surface area contributed by atoms with Gasteiger partial charge in [-0.05, 0) is 33.6 Å². The summed E-state index contributed by atoms with van der Waals surface area (Å²) in [6, 6.07) is 0. The second-order valence-electron chi connectivity index (χ2n) is 5.67. The minimum absolute atomic E-state index is 0.924. The Morgan fingerprint density at radius 3 is 1.57 bits per heavy atom. The molecule has 0 amide bonds. The smallest absolute Gasteiger partial charge is 0.337 e. The van der Waals surface area contributed by atoms with Gasteiger partial charge in [-0.2, -0.15) is 0 Å². The van der Waals surface area contributed by atoms with Crippen LogP contribution in [-0.4, -0.2) is 57.1 Å². The quantitative estimate of drug-likeness (QED) is 0.464. The van der Waals surface area contributed by atoms with Crippen molar-refractivity contribution in [2.75, 3.05) is 13.2 Å². The molecule has 0 heterocycles. The van der Waals surface area contributed by atoms with Gasteiger partial charge in [-0.25, -0.2) is 4.79 Å². The van der Waals surface area contributed by atoms with Crippen LogP contribution in [0.3, 0.4) is 0 Å². The Kier molecular flexibility index (Phi) is 10.4. The lowest BCUT2D eigenvalue weighted by atomic mass is 9.68. The summed E-state index contributed by atoms with van der Waals surface area (Å²) in [5, 5.41) is 36.3. The van der Waals surface area contributed by atoms with Gasteiger partial charge >= 0.3 is 17.9 Å². The number of carboxylic acid groups (broad SMARTS) is 3. The third kappa shape index (κ3) is 6.15. The van der Waals surface area contributed by atoms with Gasteiger partial charge < -0.3 is 25.2 Å². The van der Waals surface area contributed by atoms with Crippen LogP contribution in [0.15, 0.2) is 0 Å². The average Bonchev–Trinajstić information content (AvgIpc) is 2.46. The van der Waals surface area contributed by atoms with Gasteiger partial charge in [-0.1, -0.05) is 13.8 Å². The Morgan fingerprint density at radius 1 is 0.957 bits per heavy atom. The van der Waals surface area contributed by atoms with Gasteiger partial charge in [0.25, 0.3) is 0 Å². The standard InChI is InChI=1S/C9H14O7.C6H14O/c1-4(5(10)11)9(16,7(14)15)8(2,3)6(12)13;1-3-5-7-6-4-2/h4,16H,1-3H3,(H,10,11)(H,12,13)(H,14,15);3-6H2,1-2H3. The minimum atomic E-state index is -2.88. The van der Waals surface area contributed by atoms with E-state index in [0.717, 1.165) is 46.8 Å². The first-order valence-corrected chi connectivity index (χ1v) is 7.40. The largest absolute Gasteiger partial charge is 0.481 e. The zero-order valence-electron chi connectivity index (χ0n) is 14.3. The van der Waals surface area contributed by atoms with E-state index in [2.05, 4.69) is 13.8 Å². The van der Waals surface area contributed by atoms with Crippen molar-refractivity contribution in [2.45, 2.75) is 53.1 Å². The Hall–Kier alpha value is -1.67. The molecule has 0 radical (unpaired) electrons. The number of hydrogen-bond acceptors (Lipinski definition) is 5. The number of ether oxygens (including phenoxy) is 1. The molecule has 0 spiro atoms. The molecule has 136 valence electrons. The number of carbonyl (C=O) groups is 3. The van der Waals surface area contributed by atoms with Crippen molar-refractivity contribution in [1.82, 2.24) is 0 Å². The maximum Gasteiger partial charge on any atom is 0.337 e. The fourth-order valence-corrected chi connectivity index (χ4v) is 1.73. The lowest BCUT2D eigenvalue weighted by molar-refractivity contribution is -0.198. The molecular weight excluding hydrogens is 308 g/mol. The van der Waals surface area contributed by atoms with E-state index in [1.807, 2.05) is 0 Å². The van der Waals surface area contributed by atoms with Crippen LogP contribution in [0.25, 0.3) is 0 Å². The first-order chi connectivity index (χ1) is 10.4. The highest BCUT2D eigenvalue weighted by Crippen LogP contribution is 2.37. The highest BCUT2D eigenvalue weighted by atomic mass is 16.5. The van der Waals surface area contributed by atoms with Crippen LogP contribution in [0.2, 0.25) is 0 Å². The summed E-state index contributed by atoms with van der Waals surface area (Å²) in [7, 11) is 0. The van der Waals surface area contributed by atoms with Gasteiger partial charge in [-0.15, -0.1) is 0 Å². The van der Waals surface area contributed by atoms with Gasteiger partial charge in [0.15, 0.2) is 5.60 Å². The normalized spacial score (nSPS) is 14.9. The molecule has 4 N–H and O–H groups in total. The fraction of sp³-hybridized carbons (Fsp3) is 0.800. The molecule has 0 saturated carbocycles. The van der Waals surface area contributed by atoms with Gasteiger partial charge in [0.1, 0.15) is 5.41 Å². The van der Waals surface area contributed by atoms with E-state index in [9.17, 15) is 19.5 Å². The second-order valence-corrected chi connectivity index (χ2v) is 5.67. The van der Waals surface area contributed by atoms with E-state index in [-0.39, 0.29) is 0 Å². The van der Waals surface area contributed by atoms with Gasteiger partial charge in [0.2, 0.25) is 0 Å². The SMILES string of the molecule is CC(C(=O)O)C(O)(C(=O)O)C(C)(C)C(=O)O.CCCOCCC. The highest BCUT2D eigenvalue weighted by Gasteiger charge is 2.60. The molecule has 0 fully saturated rings. The van der Waals surface area contributed by atoms with E-state index in [4.69, 9.17) is 20.1 Å². The summed E-state index contributed by atoms with van der Waals surface area (Å²) < 4.78 is 5.13. The molecule has 23 heavy (non-hydrogen) atoms. The van der Waals surface area contributed by atoms with Crippen LogP contribution < -0.4 is 0 Å². The third-order valence-corrected chi connectivity index (χ3v) is 3.51. The van der Waals surface area contributed by atoms with Crippen molar-refractivity contribution in [2.24, 2.45) is 11.3 Å². The number of aliphatic hydroxyl groups is 1. The summed E-state index contributed by atoms with van der Waals surface area (Å²) in [4.78, 5) is 32.5. The molecule has 0 saturated heterocycles. The van der Waals surface area contributed by atoms with Crippen LogP contribution in [0.5, 0.6) is 0 Å². The summed E-state index contributed by atoms with van der Waals surface area (Å²) >= 11 is 0. The molecule has 0 aliphatic heterocycles. The first kappa shape index (κ1) is 23.6. The Morgan fingerprint density at radius 2 is 1.35 bits per heavy atom. The molecule has 8 nitrogen and oxygen atoms in total. The summed E-state index contributed by atoms with van der Waals surface area (Å²) in [6.07, 6.45) is 2.28. The van der Waals surface area contributed by atoms with Crippen LogP contribution in [0, 0.1) is 11.3 Å². The fourth-order valence-electron chi connectivity index (χ4n) is 1.73. The van der Waals surface area contributed by atoms with Crippen molar-refractivity contribution >= 4 is 17.9 Å². The summed E-state index contributed by atoms with van der Waals surface area (Å²) in [5.74, 6) is -6.81. The van der Waals surface area contributed by atoms with Crippen LogP contribution in [-0.2, 0) is 19.1 Å². The highest BCUT2D eigenvalue weighted by molar-refractivity contribution is 5.92. The maximum absolute atomic E-state index is 10.9. The molecule has 0 aliphatic rings. The van der Waals surface area contributed by atoms with Gasteiger partial charge in [-0.3, -0.25) is 9.59 Å². The first-order valence-electron chi connectivity index (χ1n) is 7.40. The maximum atomic E-state index is 10.9. The van der Waals surface area contributed by atoms with Gasteiger partial charge in [0.05, 0.1) is 5.92 Å². The van der Waals surface area contributed by atoms with Crippen molar-refractivity contribution < 1.29 is 39.5 Å². The monoisotopic (exact) mass is 336 g/mol. The van der Waals surface area contributed by atoms with Crippen molar-refractivity contribution in [1.29, 1.82) is 0 Å². The van der Waals surface area contributed by atoms with E-state index in [0.29, 0.717) is 0 Å². The molecular formula is C15H28O8. The molecule has 0 aromatic heterocycles. The van der Waals surface area contributed by atoms with Crippen LogP contribution >= 0.6 is 0 Å². The number of rotatable bonds is 9. The third-order valence-electron chi connectivity index (χ3n) is 3.51. The number of carboxylic acids is 3. The van der Waals surface area contributed by atoms with Crippen molar-refractivity contribution in [3.05, 3.63) is 0 Å². The van der Waals surface area contributed by atoms with E-state index in [1.54, 1.807) is 0 Å². The second kappa shape index (κ2) is 10.2. The molecule has 0 aromatic rings. The Labute approximate surface area is 136 Å². The van der Waals surface area contributed by atoms with Crippen molar-refractivity contribution in [3.8, 4) is 0 Å². The number of hydrogen-bond donors (Lipinski definition) is 4. The molecule has 8 heteroatoms. The molecule has 0 aliphatic carbocycles. The molecule has 0 aromatic carbocycles. The zero-order valence-corrected chi connectivity index (χ0v) is 14.3. The van der Waals surface area contributed by atoms with E-state index in [1.165, 1.54) is 0 Å². The topological polar surface area (TPSA) is 141 Å². The predicted molar refractivity (Wildman–Crippen MR) is 82.2 cm³/mol. The minimum Gasteiger partial charge on any atom is -0.481 e. The lowest BCUT2D eigenvalue weighted by Gasteiger charge is -2.38. The van der Waals surface area contributed by atoms with Gasteiger partial charge in [0, 0.05) is 13.2 Å². The predicted octanol–water partition coefficient (Wildman–Crippen LogP) is 1.46. The van der Waals surface area contributed by atoms with E-state index >= 15 is 0 Å². The van der Waals surface area contributed by atoms with E-state index < -0.39 is 34.8 Å². The van der Waals surface area contributed by atoms with Crippen LogP contribution in [0.4, 0.5) is 0 Å². The Balaban J connectivity index is 0. The Bertz CT molecular complexity index is 400. The average molecular weight is 336 g/mol.